The summed E-state index contributed by atoms with van der Waals surface area (Å²) in [5, 5.41) is 14.8. The van der Waals surface area contributed by atoms with Gasteiger partial charge in [0.15, 0.2) is 0 Å². The average Bonchev–Trinajstić information content (AvgIpc) is 3.44. The standard InChI is InChI=1S/C43H30N2/c1-29(10-9-25-44)31-13-7-14-32(26-31)33-19-23-40-41-24-21-35-27-34(38-18-8-12-30-11-5-6-17-37(30)38)20-22-39(35)43(41)45(42(40)28-33)36-15-3-2-4-16-36/h2-28,44H,1H2/b10-9-,44-25?. The Morgan fingerprint density at radius 2 is 1.29 bits per heavy atom. The van der Waals surface area contributed by atoms with E-state index in [0.29, 0.717) is 0 Å². The van der Waals surface area contributed by atoms with Gasteiger partial charge >= 0.3 is 0 Å². The summed E-state index contributed by atoms with van der Waals surface area (Å²) in [4.78, 5) is 0. The fourth-order valence-electron chi connectivity index (χ4n) is 6.66. The molecule has 0 saturated heterocycles. The largest absolute Gasteiger partial charge is 0.309 e. The van der Waals surface area contributed by atoms with Crippen molar-refractivity contribution in [1.82, 2.24) is 4.57 Å². The molecule has 1 N–H and O–H groups in total. The zero-order valence-electron chi connectivity index (χ0n) is 24.7. The Balaban J connectivity index is 1.35. The van der Waals surface area contributed by atoms with E-state index < -0.39 is 0 Å². The summed E-state index contributed by atoms with van der Waals surface area (Å²) in [7, 11) is 0. The van der Waals surface area contributed by atoms with Crippen molar-refractivity contribution in [3.63, 3.8) is 0 Å². The second-order valence-electron chi connectivity index (χ2n) is 11.5. The van der Waals surface area contributed by atoms with Gasteiger partial charge in [-0.05, 0) is 86.0 Å². The quantitative estimate of drug-likeness (QED) is 0.151. The number of nitrogens with zero attached hydrogens (tertiary/aromatic N) is 1. The van der Waals surface area contributed by atoms with Crippen LogP contribution < -0.4 is 0 Å². The van der Waals surface area contributed by atoms with E-state index in [1.54, 1.807) is 6.08 Å². The normalized spacial score (nSPS) is 11.6. The fourth-order valence-corrected chi connectivity index (χ4v) is 6.66. The molecule has 2 nitrogen and oxygen atoms in total. The minimum atomic E-state index is 0.883. The van der Waals surface area contributed by atoms with Crippen molar-refractivity contribution in [1.29, 1.82) is 5.41 Å². The Hall–Kier alpha value is -5.99. The molecule has 0 atom stereocenters. The number of rotatable bonds is 6. The minimum Gasteiger partial charge on any atom is -0.309 e. The highest BCUT2D eigenvalue weighted by Crippen LogP contribution is 2.40. The zero-order chi connectivity index (χ0) is 30.3. The summed E-state index contributed by atoms with van der Waals surface area (Å²) in [5.74, 6) is 0. The Morgan fingerprint density at radius 1 is 0.556 bits per heavy atom. The third kappa shape index (κ3) is 4.56. The van der Waals surface area contributed by atoms with Crippen LogP contribution in [0, 0.1) is 5.41 Å². The van der Waals surface area contributed by atoms with Gasteiger partial charge in [0.05, 0.1) is 11.0 Å². The fraction of sp³-hybridized carbons (Fsp3) is 0. The van der Waals surface area contributed by atoms with Crippen LogP contribution in [0.4, 0.5) is 0 Å². The van der Waals surface area contributed by atoms with Crippen LogP contribution in [0.5, 0.6) is 0 Å². The first kappa shape index (κ1) is 26.6. The van der Waals surface area contributed by atoms with E-state index in [1.165, 1.54) is 60.7 Å². The molecule has 0 aliphatic heterocycles. The molecule has 0 aliphatic rings. The van der Waals surface area contributed by atoms with Crippen molar-refractivity contribution in [2.24, 2.45) is 0 Å². The predicted octanol–water partition coefficient (Wildman–Crippen LogP) is 11.6. The molecule has 8 rings (SSSR count). The third-order valence-electron chi connectivity index (χ3n) is 8.82. The number of hydrogen-bond donors (Lipinski definition) is 1. The molecule has 1 heterocycles. The van der Waals surface area contributed by atoms with E-state index in [2.05, 4.69) is 157 Å². The molecule has 7 aromatic carbocycles. The van der Waals surface area contributed by atoms with Crippen molar-refractivity contribution >= 4 is 55.1 Å². The summed E-state index contributed by atoms with van der Waals surface area (Å²) in [6.45, 7) is 4.20. The Morgan fingerprint density at radius 3 is 2.18 bits per heavy atom. The van der Waals surface area contributed by atoms with Gasteiger partial charge in [-0.3, -0.25) is 0 Å². The summed E-state index contributed by atoms with van der Waals surface area (Å²) in [5.41, 5.74) is 10.2. The summed E-state index contributed by atoms with van der Waals surface area (Å²) >= 11 is 0. The van der Waals surface area contributed by atoms with Gasteiger partial charge < -0.3 is 9.98 Å². The average molecular weight is 575 g/mol. The molecule has 0 radical (unpaired) electrons. The van der Waals surface area contributed by atoms with E-state index >= 15 is 0 Å². The predicted molar refractivity (Wildman–Crippen MR) is 194 cm³/mol. The van der Waals surface area contributed by atoms with E-state index in [-0.39, 0.29) is 0 Å². The smallest absolute Gasteiger partial charge is 0.0619 e. The molecule has 0 spiro atoms. The highest BCUT2D eigenvalue weighted by Gasteiger charge is 2.17. The van der Waals surface area contributed by atoms with Gasteiger partial charge in [0.2, 0.25) is 0 Å². The van der Waals surface area contributed by atoms with Crippen molar-refractivity contribution in [3.05, 3.63) is 170 Å². The molecule has 0 saturated carbocycles. The molecule has 8 aromatic rings. The van der Waals surface area contributed by atoms with Gasteiger partial charge in [-0.2, -0.15) is 0 Å². The van der Waals surface area contributed by atoms with E-state index in [9.17, 15) is 0 Å². The van der Waals surface area contributed by atoms with Crippen molar-refractivity contribution in [3.8, 4) is 27.9 Å². The van der Waals surface area contributed by atoms with Gasteiger partial charge in [-0.1, -0.05) is 128 Å². The molecular formula is C43H30N2. The van der Waals surface area contributed by atoms with Gasteiger partial charge in [0.1, 0.15) is 0 Å². The minimum absolute atomic E-state index is 0.883. The lowest BCUT2D eigenvalue weighted by atomic mass is 9.95. The zero-order valence-corrected chi connectivity index (χ0v) is 24.7. The van der Waals surface area contributed by atoms with Gasteiger partial charge in [0, 0.05) is 28.1 Å². The van der Waals surface area contributed by atoms with E-state index in [1.807, 2.05) is 6.08 Å². The number of para-hydroxylation sites is 1. The highest BCUT2D eigenvalue weighted by atomic mass is 15.0. The first-order valence-corrected chi connectivity index (χ1v) is 15.2. The van der Waals surface area contributed by atoms with E-state index in [0.717, 1.165) is 28.0 Å². The topological polar surface area (TPSA) is 28.8 Å². The van der Waals surface area contributed by atoms with Crippen LogP contribution >= 0.6 is 0 Å². The second kappa shape index (κ2) is 10.9. The Bertz CT molecular complexity index is 2450. The number of benzene rings is 7. The molecule has 45 heavy (non-hydrogen) atoms. The third-order valence-corrected chi connectivity index (χ3v) is 8.82. The van der Waals surface area contributed by atoms with Crippen molar-refractivity contribution < 1.29 is 0 Å². The first-order valence-electron chi connectivity index (χ1n) is 15.2. The van der Waals surface area contributed by atoms with Gasteiger partial charge in [0.25, 0.3) is 0 Å². The lowest BCUT2D eigenvalue weighted by molar-refractivity contribution is 1.19. The number of hydrogen-bond acceptors (Lipinski definition) is 1. The van der Waals surface area contributed by atoms with Crippen LogP contribution in [0.2, 0.25) is 0 Å². The summed E-state index contributed by atoms with van der Waals surface area (Å²) < 4.78 is 2.42. The molecule has 0 bridgehead atoms. The molecule has 2 heteroatoms. The first-order chi connectivity index (χ1) is 22.2. The molecule has 0 amide bonds. The molecular weight excluding hydrogens is 544 g/mol. The number of nitrogens with one attached hydrogen (secondary N) is 1. The van der Waals surface area contributed by atoms with Gasteiger partial charge in [-0.25, -0.2) is 0 Å². The number of fused-ring (bicyclic) bond motifs is 6. The lowest BCUT2D eigenvalue weighted by Gasteiger charge is -2.12. The summed E-state index contributed by atoms with van der Waals surface area (Å²) in [6, 6.07) is 52.5. The lowest BCUT2D eigenvalue weighted by Crippen LogP contribution is -1.94. The highest BCUT2D eigenvalue weighted by molar-refractivity contribution is 6.19. The van der Waals surface area contributed by atoms with E-state index in [4.69, 9.17) is 5.41 Å². The maximum atomic E-state index is 7.32. The van der Waals surface area contributed by atoms with Crippen LogP contribution in [-0.4, -0.2) is 10.8 Å². The number of allylic oxidation sites excluding steroid dienone is 3. The van der Waals surface area contributed by atoms with Gasteiger partial charge in [-0.15, -0.1) is 0 Å². The number of aromatic nitrogens is 1. The van der Waals surface area contributed by atoms with Crippen LogP contribution in [0.25, 0.3) is 76.9 Å². The van der Waals surface area contributed by atoms with Crippen molar-refractivity contribution in [2.75, 3.05) is 0 Å². The second-order valence-corrected chi connectivity index (χ2v) is 11.5. The maximum absolute atomic E-state index is 7.32. The SMILES string of the molecule is C=C(/C=C\C=N)c1cccc(-c2ccc3c4ccc5cc(-c6cccc7ccccc67)ccc5c4n(-c4ccccc4)c3c2)c1. The van der Waals surface area contributed by atoms with Crippen LogP contribution in [0.1, 0.15) is 5.56 Å². The van der Waals surface area contributed by atoms with Crippen LogP contribution in [-0.2, 0) is 0 Å². The molecule has 0 fully saturated rings. The van der Waals surface area contributed by atoms with Crippen LogP contribution in [0.3, 0.4) is 0 Å². The monoisotopic (exact) mass is 574 g/mol. The molecule has 0 aliphatic carbocycles. The molecule has 212 valence electrons. The Kier molecular flexibility index (Phi) is 6.47. The van der Waals surface area contributed by atoms with Crippen LogP contribution in [0.15, 0.2) is 164 Å². The summed E-state index contributed by atoms with van der Waals surface area (Å²) in [6.07, 6.45) is 4.85. The van der Waals surface area contributed by atoms with Crippen molar-refractivity contribution in [2.45, 2.75) is 0 Å². The maximum Gasteiger partial charge on any atom is 0.0619 e. The Labute approximate surface area is 262 Å². The molecule has 1 aromatic heterocycles. The molecule has 0 unspecified atom stereocenters.